The number of aliphatic carboxylic acids is 1. The molecule has 0 saturated heterocycles. The minimum absolute atomic E-state index is 0.140. The van der Waals surface area contributed by atoms with Crippen LogP contribution in [-0.2, 0) is 9.59 Å². The molecule has 0 aromatic rings. The highest BCUT2D eigenvalue weighted by molar-refractivity contribution is 5.91. The van der Waals surface area contributed by atoms with E-state index in [9.17, 15) is 14.7 Å². The minimum atomic E-state index is -0.602. The third-order valence-electron chi connectivity index (χ3n) is 10.5. The van der Waals surface area contributed by atoms with Crippen LogP contribution in [0.3, 0.4) is 0 Å². The van der Waals surface area contributed by atoms with Gasteiger partial charge in [-0.2, -0.15) is 0 Å². The average Bonchev–Trinajstić information content (AvgIpc) is 3.05. The molecule has 0 aromatic carbocycles. The molecular formula is C28H42O3. The second kappa shape index (κ2) is 8.19. The number of carbonyl (C=O) groups excluding carboxylic acids is 1. The molecule has 8 atom stereocenters. The third kappa shape index (κ3) is 3.74. The first-order valence-corrected chi connectivity index (χ1v) is 12.7. The van der Waals surface area contributed by atoms with Crippen LogP contribution in [0.1, 0.15) is 85.5 Å². The van der Waals surface area contributed by atoms with E-state index in [2.05, 4.69) is 40.3 Å². The molecule has 4 aliphatic carbocycles. The highest BCUT2D eigenvalue weighted by Gasteiger charge is 2.60. The van der Waals surface area contributed by atoms with Gasteiger partial charge in [0.15, 0.2) is 5.78 Å². The molecule has 0 spiro atoms. The molecule has 0 radical (unpaired) electrons. The summed E-state index contributed by atoms with van der Waals surface area (Å²) in [5.74, 6) is 2.62. The Morgan fingerprint density at radius 1 is 1.16 bits per heavy atom. The van der Waals surface area contributed by atoms with Crippen LogP contribution in [-0.4, -0.2) is 16.9 Å². The van der Waals surface area contributed by atoms with Gasteiger partial charge in [-0.1, -0.05) is 45.9 Å². The van der Waals surface area contributed by atoms with Crippen molar-refractivity contribution in [1.29, 1.82) is 0 Å². The quantitative estimate of drug-likeness (QED) is 0.482. The summed E-state index contributed by atoms with van der Waals surface area (Å²) >= 11 is 0. The van der Waals surface area contributed by atoms with Crippen LogP contribution in [0.2, 0.25) is 0 Å². The lowest BCUT2D eigenvalue weighted by molar-refractivity contribution is -0.148. The van der Waals surface area contributed by atoms with E-state index in [4.69, 9.17) is 0 Å². The van der Waals surface area contributed by atoms with Crippen LogP contribution in [0.15, 0.2) is 24.3 Å². The van der Waals surface area contributed by atoms with Crippen LogP contribution >= 0.6 is 0 Å². The van der Waals surface area contributed by atoms with Crippen LogP contribution in [0.5, 0.6) is 0 Å². The van der Waals surface area contributed by atoms with Gasteiger partial charge in [-0.15, -0.1) is 0 Å². The zero-order chi connectivity index (χ0) is 22.6. The van der Waals surface area contributed by atoms with Gasteiger partial charge in [0.25, 0.3) is 0 Å². The molecular weight excluding hydrogens is 384 g/mol. The Balaban J connectivity index is 1.55. The predicted octanol–water partition coefficient (Wildman–Crippen LogP) is 6.68. The third-order valence-corrected chi connectivity index (χ3v) is 10.5. The summed E-state index contributed by atoms with van der Waals surface area (Å²) < 4.78 is 0. The van der Waals surface area contributed by atoms with Gasteiger partial charge in [-0.25, -0.2) is 0 Å². The first kappa shape index (κ1) is 22.8. The fourth-order valence-corrected chi connectivity index (χ4v) is 8.46. The van der Waals surface area contributed by atoms with Crippen molar-refractivity contribution in [3.05, 3.63) is 24.3 Å². The molecule has 0 amide bonds. The summed E-state index contributed by atoms with van der Waals surface area (Å²) in [5.41, 5.74) is 1.47. The minimum Gasteiger partial charge on any atom is -0.481 e. The van der Waals surface area contributed by atoms with E-state index < -0.39 is 5.97 Å². The zero-order valence-corrected chi connectivity index (χ0v) is 20.0. The van der Waals surface area contributed by atoms with Crippen LogP contribution in [0.25, 0.3) is 0 Å². The first-order chi connectivity index (χ1) is 14.6. The second-order valence-corrected chi connectivity index (χ2v) is 12.0. The topological polar surface area (TPSA) is 54.4 Å². The molecule has 1 N–H and O–H groups in total. The summed E-state index contributed by atoms with van der Waals surface area (Å²) in [5, 5.41) is 10.2. The first-order valence-electron chi connectivity index (χ1n) is 12.7. The number of hydrogen-bond donors (Lipinski definition) is 1. The van der Waals surface area contributed by atoms with E-state index in [0.717, 1.165) is 38.5 Å². The molecule has 3 saturated carbocycles. The number of allylic oxidation sites excluding steroid dienone is 3. The second-order valence-electron chi connectivity index (χ2n) is 12.0. The maximum absolute atomic E-state index is 12.4. The zero-order valence-electron chi connectivity index (χ0n) is 20.0. The van der Waals surface area contributed by atoms with Crippen molar-refractivity contribution >= 4 is 11.8 Å². The van der Waals surface area contributed by atoms with Crippen molar-refractivity contribution < 1.29 is 14.7 Å². The molecule has 31 heavy (non-hydrogen) atoms. The van der Waals surface area contributed by atoms with E-state index in [1.807, 2.05) is 6.08 Å². The highest BCUT2D eigenvalue weighted by Crippen LogP contribution is 2.67. The van der Waals surface area contributed by atoms with Gasteiger partial charge in [0.2, 0.25) is 0 Å². The Morgan fingerprint density at radius 3 is 2.58 bits per heavy atom. The molecule has 4 rings (SSSR count). The number of rotatable bonds is 6. The van der Waals surface area contributed by atoms with Gasteiger partial charge in [0.05, 0.1) is 5.92 Å². The molecule has 0 unspecified atom stereocenters. The van der Waals surface area contributed by atoms with Gasteiger partial charge < -0.3 is 5.11 Å². The number of carbonyl (C=O) groups is 2. The Kier molecular flexibility index (Phi) is 6.03. The van der Waals surface area contributed by atoms with E-state index in [0.29, 0.717) is 35.4 Å². The van der Waals surface area contributed by atoms with Crippen molar-refractivity contribution in [2.24, 2.45) is 52.3 Å². The molecule has 0 aliphatic heterocycles. The molecule has 0 bridgehead atoms. The van der Waals surface area contributed by atoms with Crippen LogP contribution < -0.4 is 0 Å². The molecule has 4 aliphatic rings. The summed E-state index contributed by atoms with van der Waals surface area (Å²) in [6.45, 7) is 13.3. The average molecular weight is 427 g/mol. The van der Waals surface area contributed by atoms with E-state index in [1.54, 1.807) is 0 Å². The molecule has 3 fully saturated rings. The Labute approximate surface area is 188 Å². The normalized spacial score (nSPS) is 42.6. The van der Waals surface area contributed by atoms with Gasteiger partial charge in [-0.05, 0) is 104 Å². The van der Waals surface area contributed by atoms with E-state index >= 15 is 0 Å². The van der Waals surface area contributed by atoms with Crippen molar-refractivity contribution in [2.75, 3.05) is 0 Å². The summed E-state index contributed by atoms with van der Waals surface area (Å²) in [4.78, 5) is 24.4. The van der Waals surface area contributed by atoms with Crippen LogP contribution in [0.4, 0.5) is 0 Å². The standard InChI is InChI=1S/C28H42O3/c1-17(2)18(3)6-8-22(26(30)31)24-11-10-23-21-9-7-19-16-20(29)12-14-27(19,4)25(21)13-15-28(23,24)5/h12,14,17,19,21-25H,3,6-11,13,15-16H2,1-2,4-5H3,(H,30,31)/t19-,21-,22+,23-,24+,25-,27-,28+/m0/s1. The van der Waals surface area contributed by atoms with E-state index in [-0.39, 0.29) is 22.7 Å². The Hall–Kier alpha value is -1.38. The lowest BCUT2D eigenvalue weighted by atomic mass is 9.45. The lowest BCUT2D eigenvalue weighted by Gasteiger charge is -2.59. The monoisotopic (exact) mass is 426 g/mol. The number of carboxylic acid groups (broad SMARTS) is 1. The molecule has 0 aromatic heterocycles. The lowest BCUT2D eigenvalue weighted by Crippen LogP contribution is -2.53. The summed E-state index contributed by atoms with van der Waals surface area (Å²) in [6.07, 6.45) is 13.3. The molecule has 172 valence electrons. The van der Waals surface area contributed by atoms with Crippen molar-refractivity contribution in [1.82, 2.24) is 0 Å². The maximum Gasteiger partial charge on any atom is 0.306 e. The Morgan fingerprint density at radius 2 is 1.90 bits per heavy atom. The van der Waals surface area contributed by atoms with Crippen molar-refractivity contribution in [2.45, 2.75) is 85.5 Å². The maximum atomic E-state index is 12.4. The van der Waals surface area contributed by atoms with Gasteiger partial charge >= 0.3 is 5.97 Å². The highest BCUT2D eigenvalue weighted by atomic mass is 16.4. The fourth-order valence-electron chi connectivity index (χ4n) is 8.46. The number of fused-ring (bicyclic) bond motifs is 5. The van der Waals surface area contributed by atoms with Crippen LogP contribution in [0, 0.1) is 52.3 Å². The molecule has 3 nitrogen and oxygen atoms in total. The number of hydrogen-bond acceptors (Lipinski definition) is 2. The summed E-state index contributed by atoms with van der Waals surface area (Å²) in [6, 6.07) is 0. The van der Waals surface area contributed by atoms with Crippen molar-refractivity contribution in [3.63, 3.8) is 0 Å². The van der Waals surface area contributed by atoms with Gasteiger partial charge in [-0.3, -0.25) is 9.59 Å². The number of carboxylic acids is 1. The van der Waals surface area contributed by atoms with Crippen molar-refractivity contribution in [3.8, 4) is 0 Å². The van der Waals surface area contributed by atoms with Gasteiger partial charge in [0.1, 0.15) is 0 Å². The fraction of sp³-hybridized carbons (Fsp3) is 0.786. The van der Waals surface area contributed by atoms with E-state index in [1.165, 1.54) is 24.8 Å². The molecule has 0 heterocycles. The molecule has 3 heteroatoms. The predicted molar refractivity (Wildman–Crippen MR) is 124 cm³/mol. The Bertz CT molecular complexity index is 779. The number of ketones is 1. The SMILES string of the molecule is C=C(CC[C@@H](C(=O)O)[C@H]1CC[C@H]2[C@@H]3CC[C@H]4CC(=O)C=C[C@]4(C)[C@H]3CC[C@@]12C)C(C)C. The smallest absolute Gasteiger partial charge is 0.306 e. The summed E-state index contributed by atoms with van der Waals surface area (Å²) in [7, 11) is 0. The largest absolute Gasteiger partial charge is 0.481 e. The van der Waals surface area contributed by atoms with Gasteiger partial charge in [0, 0.05) is 6.42 Å².